The van der Waals surface area contributed by atoms with Crippen LogP contribution in [0.2, 0.25) is 0 Å². The van der Waals surface area contributed by atoms with Crippen LogP contribution in [0.4, 0.5) is 0 Å². The molecule has 1 saturated heterocycles. The van der Waals surface area contributed by atoms with E-state index in [1.807, 2.05) is 19.9 Å². The van der Waals surface area contributed by atoms with Crippen LogP contribution < -0.4 is 0 Å². The van der Waals surface area contributed by atoms with Gasteiger partial charge in [0.15, 0.2) is 6.23 Å². The van der Waals surface area contributed by atoms with Gasteiger partial charge < -0.3 is 24.6 Å². The van der Waals surface area contributed by atoms with Gasteiger partial charge in [0.2, 0.25) is 0 Å². The molecule has 26 heavy (non-hydrogen) atoms. The molecule has 0 saturated carbocycles. The van der Waals surface area contributed by atoms with Gasteiger partial charge in [0.1, 0.15) is 36.4 Å². The Bertz CT molecular complexity index is 944. The van der Waals surface area contributed by atoms with Crippen LogP contribution in [0.5, 0.6) is 0 Å². The van der Waals surface area contributed by atoms with Crippen LogP contribution in [0.3, 0.4) is 0 Å². The first-order chi connectivity index (χ1) is 12.5. The maximum Gasteiger partial charge on any atom is 0.164 e. The molecule has 0 radical (unpaired) electrons. The van der Waals surface area contributed by atoms with Crippen molar-refractivity contribution in [1.29, 1.82) is 0 Å². The standard InChI is InChI=1S/C18H20N4O4/c1-9-7-11(3-5-19-9)13(23)16-14(24)15(25)18(26-16)22-6-4-12-10(2)20-8-21-17(12)22/h3-8,13-16,18,23-25H,1-2H3/t13-,14-,15+,16+,18+/m0/s1. The predicted octanol–water partition coefficient (Wildman–Crippen LogP) is 0.796. The lowest BCUT2D eigenvalue weighted by Gasteiger charge is -2.21. The molecule has 8 heteroatoms. The fraction of sp³-hybridized carbons (Fsp3) is 0.389. The van der Waals surface area contributed by atoms with Gasteiger partial charge in [-0.05, 0) is 37.6 Å². The number of aromatic nitrogens is 4. The van der Waals surface area contributed by atoms with E-state index in [0.717, 1.165) is 16.8 Å². The Labute approximate surface area is 149 Å². The van der Waals surface area contributed by atoms with Crippen LogP contribution in [0.15, 0.2) is 36.9 Å². The van der Waals surface area contributed by atoms with Crippen LogP contribution in [-0.4, -0.2) is 53.2 Å². The predicted molar refractivity (Wildman–Crippen MR) is 92.1 cm³/mol. The van der Waals surface area contributed by atoms with E-state index in [9.17, 15) is 15.3 Å². The third-order valence-corrected chi connectivity index (χ3v) is 4.83. The van der Waals surface area contributed by atoms with Crippen LogP contribution in [0, 0.1) is 13.8 Å². The lowest BCUT2D eigenvalue weighted by molar-refractivity contribution is -0.0848. The molecule has 1 fully saturated rings. The van der Waals surface area contributed by atoms with E-state index in [4.69, 9.17) is 4.74 Å². The first kappa shape index (κ1) is 17.0. The Morgan fingerprint density at radius 3 is 2.69 bits per heavy atom. The second kappa shape index (κ2) is 6.40. The lowest BCUT2D eigenvalue weighted by Crippen LogP contribution is -2.34. The molecule has 0 aliphatic carbocycles. The van der Waals surface area contributed by atoms with E-state index in [1.54, 1.807) is 29.1 Å². The number of pyridine rings is 1. The van der Waals surface area contributed by atoms with Crippen LogP contribution in [0.1, 0.15) is 29.3 Å². The molecule has 1 aliphatic heterocycles. The average Bonchev–Trinajstić information content (AvgIpc) is 3.18. The SMILES string of the molecule is Cc1cc([C@H](O)[C@H]2O[C@@H](n3ccc4c(C)ncnc43)[C@H](O)[C@@H]2O)ccn1. The van der Waals surface area contributed by atoms with Crippen molar-refractivity contribution >= 4 is 11.0 Å². The largest absolute Gasteiger partial charge is 0.387 e. The zero-order chi connectivity index (χ0) is 18.4. The molecule has 3 aromatic rings. The summed E-state index contributed by atoms with van der Waals surface area (Å²) in [5, 5.41) is 32.5. The topological polar surface area (TPSA) is 114 Å². The summed E-state index contributed by atoms with van der Waals surface area (Å²) >= 11 is 0. The molecule has 136 valence electrons. The molecule has 5 atom stereocenters. The zero-order valence-electron chi connectivity index (χ0n) is 14.4. The van der Waals surface area contributed by atoms with Crippen molar-refractivity contribution in [2.45, 2.75) is 44.5 Å². The lowest BCUT2D eigenvalue weighted by atomic mass is 9.99. The minimum Gasteiger partial charge on any atom is -0.387 e. The number of aryl methyl sites for hydroxylation is 2. The molecular weight excluding hydrogens is 336 g/mol. The van der Waals surface area contributed by atoms with Crippen LogP contribution in [-0.2, 0) is 4.74 Å². The minimum absolute atomic E-state index is 0.574. The summed E-state index contributed by atoms with van der Waals surface area (Å²) in [6, 6.07) is 5.22. The highest BCUT2D eigenvalue weighted by Gasteiger charge is 2.47. The molecule has 0 amide bonds. The van der Waals surface area contributed by atoms with Crippen molar-refractivity contribution in [2.24, 2.45) is 0 Å². The van der Waals surface area contributed by atoms with Crippen molar-refractivity contribution in [3.05, 3.63) is 53.9 Å². The number of hydrogen-bond acceptors (Lipinski definition) is 7. The van der Waals surface area contributed by atoms with E-state index in [0.29, 0.717) is 11.2 Å². The Morgan fingerprint density at radius 1 is 1.12 bits per heavy atom. The molecule has 3 aromatic heterocycles. The summed E-state index contributed by atoms with van der Waals surface area (Å²) in [7, 11) is 0. The van der Waals surface area contributed by atoms with Gasteiger partial charge in [0.25, 0.3) is 0 Å². The smallest absolute Gasteiger partial charge is 0.164 e. The maximum atomic E-state index is 10.6. The molecule has 4 rings (SSSR count). The second-order valence-corrected chi connectivity index (χ2v) is 6.57. The third kappa shape index (κ3) is 2.67. The molecule has 0 unspecified atom stereocenters. The van der Waals surface area contributed by atoms with Gasteiger partial charge in [0, 0.05) is 23.5 Å². The number of rotatable bonds is 3. The second-order valence-electron chi connectivity index (χ2n) is 6.57. The van der Waals surface area contributed by atoms with Crippen molar-refractivity contribution in [3.63, 3.8) is 0 Å². The third-order valence-electron chi connectivity index (χ3n) is 4.83. The first-order valence-corrected chi connectivity index (χ1v) is 8.37. The van der Waals surface area contributed by atoms with Gasteiger partial charge in [-0.1, -0.05) is 0 Å². The molecule has 8 nitrogen and oxygen atoms in total. The number of aliphatic hydroxyl groups is 3. The van der Waals surface area contributed by atoms with Gasteiger partial charge >= 0.3 is 0 Å². The highest BCUT2D eigenvalue weighted by Crippen LogP contribution is 2.37. The Hall–Kier alpha value is -2.39. The number of nitrogens with zero attached hydrogens (tertiary/aromatic N) is 4. The van der Waals surface area contributed by atoms with E-state index < -0.39 is 30.6 Å². The summed E-state index contributed by atoms with van der Waals surface area (Å²) in [4.78, 5) is 12.5. The number of aliphatic hydroxyl groups excluding tert-OH is 3. The number of hydrogen-bond donors (Lipinski definition) is 3. The summed E-state index contributed by atoms with van der Waals surface area (Å²) < 4.78 is 7.52. The molecule has 4 heterocycles. The van der Waals surface area contributed by atoms with Crippen molar-refractivity contribution in [2.75, 3.05) is 0 Å². The summed E-state index contributed by atoms with van der Waals surface area (Å²) in [5.41, 5.74) is 2.73. The molecule has 0 spiro atoms. The molecule has 1 aliphatic rings. The fourth-order valence-electron chi connectivity index (χ4n) is 3.42. The summed E-state index contributed by atoms with van der Waals surface area (Å²) in [6.45, 7) is 3.68. The van der Waals surface area contributed by atoms with Crippen molar-refractivity contribution < 1.29 is 20.1 Å². The maximum absolute atomic E-state index is 10.6. The number of fused-ring (bicyclic) bond motifs is 1. The van der Waals surface area contributed by atoms with Crippen LogP contribution in [0.25, 0.3) is 11.0 Å². The van der Waals surface area contributed by atoms with Gasteiger partial charge in [-0.25, -0.2) is 9.97 Å². The van der Waals surface area contributed by atoms with Gasteiger partial charge in [0.05, 0.1) is 5.69 Å². The Morgan fingerprint density at radius 2 is 1.92 bits per heavy atom. The van der Waals surface area contributed by atoms with Crippen molar-refractivity contribution in [1.82, 2.24) is 19.5 Å². The first-order valence-electron chi connectivity index (χ1n) is 8.37. The molecule has 0 aromatic carbocycles. The van der Waals surface area contributed by atoms with E-state index in [1.165, 1.54) is 6.33 Å². The zero-order valence-corrected chi connectivity index (χ0v) is 14.4. The molecule has 0 bridgehead atoms. The Balaban J connectivity index is 1.66. The summed E-state index contributed by atoms with van der Waals surface area (Å²) in [5.74, 6) is 0. The van der Waals surface area contributed by atoms with Gasteiger partial charge in [-0.2, -0.15) is 0 Å². The number of ether oxygens (including phenoxy) is 1. The van der Waals surface area contributed by atoms with Crippen molar-refractivity contribution in [3.8, 4) is 0 Å². The Kier molecular flexibility index (Phi) is 4.20. The highest BCUT2D eigenvalue weighted by atomic mass is 16.6. The normalized spacial score (nSPS) is 27.1. The average molecular weight is 356 g/mol. The monoisotopic (exact) mass is 356 g/mol. The fourth-order valence-corrected chi connectivity index (χ4v) is 3.42. The summed E-state index contributed by atoms with van der Waals surface area (Å²) in [6.07, 6.45) is -0.619. The quantitative estimate of drug-likeness (QED) is 0.636. The minimum atomic E-state index is -1.25. The van der Waals surface area contributed by atoms with Crippen LogP contribution >= 0.6 is 0 Å². The molecular formula is C18H20N4O4. The van der Waals surface area contributed by atoms with E-state index in [2.05, 4.69) is 15.0 Å². The van der Waals surface area contributed by atoms with Gasteiger partial charge in [-0.15, -0.1) is 0 Å². The van der Waals surface area contributed by atoms with E-state index >= 15 is 0 Å². The van der Waals surface area contributed by atoms with Gasteiger partial charge in [-0.3, -0.25) is 4.98 Å². The highest BCUT2D eigenvalue weighted by molar-refractivity contribution is 5.78. The van der Waals surface area contributed by atoms with E-state index in [-0.39, 0.29) is 0 Å². The molecule has 3 N–H and O–H groups in total.